The van der Waals surface area contributed by atoms with Gasteiger partial charge in [-0.05, 0) is 11.4 Å². The van der Waals surface area contributed by atoms with Gasteiger partial charge in [0.25, 0.3) is 0 Å². The van der Waals surface area contributed by atoms with Crippen LogP contribution in [0.4, 0.5) is 0 Å². The molecule has 0 saturated carbocycles. The van der Waals surface area contributed by atoms with Gasteiger partial charge in [-0.1, -0.05) is 0 Å². The second-order valence-electron chi connectivity index (χ2n) is 2.66. The van der Waals surface area contributed by atoms with E-state index in [9.17, 15) is 4.79 Å². The quantitative estimate of drug-likeness (QED) is 0.866. The van der Waals surface area contributed by atoms with Crippen molar-refractivity contribution < 1.29 is 19.1 Å². The van der Waals surface area contributed by atoms with E-state index < -0.39 is 5.97 Å². The average Bonchev–Trinajstić information content (AvgIpc) is 2.85. The van der Waals surface area contributed by atoms with Gasteiger partial charge in [0.1, 0.15) is 16.9 Å². The molecule has 2 rings (SSSR count). The van der Waals surface area contributed by atoms with E-state index in [1.54, 1.807) is 6.07 Å². The third kappa shape index (κ3) is 1.71. The van der Waals surface area contributed by atoms with Gasteiger partial charge in [-0.2, -0.15) is 0 Å². The summed E-state index contributed by atoms with van der Waals surface area (Å²) in [6.45, 7) is 0. The monoisotopic (exact) mass is 225 g/mol. The van der Waals surface area contributed by atoms with E-state index in [2.05, 4.69) is 4.98 Å². The van der Waals surface area contributed by atoms with Gasteiger partial charge in [0, 0.05) is 0 Å². The Morgan fingerprint density at radius 2 is 2.47 bits per heavy atom. The first kappa shape index (κ1) is 9.72. The number of carboxylic acid groups (broad SMARTS) is 1. The number of nitrogens with zero attached hydrogens (tertiary/aromatic N) is 1. The molecule has 0 aromatic carbocycles. The Morgan fingerprint density at radius 1 is 1.67 bits per heavy atom. The second-order valence-corrected chi connectivity index (χ2v) is 3.58. The van der Waals surface area contributed by atoms with Crippen molar-refractivity contribution in [1.29, 1.82) is 0 Å². The Balaban J connectivity index is 2.41. The number of thiophene rings is 1. The average molecular weight is 225 g/mol. The fourth-order valence-electron chi connectivity index (χ4n) is 1.09. The lowest BCUT2D eigenvalue weighted by Crippen LogP contribution is -1.95. The Labute approximate surface area is 88.9 Å². The van der Waals surface area contributed by atoms with E-state index in [1.807, 2.05) is 5.38 Å². The maximum atomic E-state index is 10.6. The highest BCUT2D eigenvalue weighted by Gasteiger charge is 2.16. The van der Waals surface area contributed by atoms with Gasteiger partial charge in [0.15, 0.2) is 5.69 Å². The number of methoxy groups -OCH3 is 1. The Kier molecular flexibility index (Phi) is 2.42. The van der Waals surface area contributed by atoms with E-state index in [-0.39, 0.29) is 11.6 Å². The molecule has 2 aromatic rings. The van der Waals surface area contributed by atoms with Crippen LogP contribution in [0, 0.1) is 0 Å². The van der Waals surface area contributed by atoms with Crippen molar-refractivity contribution in [3.05, 3.63) is 23.4 Å². The zero-order chi connectivity index (χ0) is 10.8. The van der Waals surface area contributed by atoms with Crippen molar-refractivity contribution in [2.45, 2.75) is 0 Å². The number of carboxylic acids is 1. The second kappa shape index (κ2) is 3.74. The third-order valence-corrected chi connectivity index (χ3v) is 2.65. The summed E-state index contributed by atoms with van der Waals surface area (Å²) < 4.78 is 10.1. The van der Waals surface area contributed by atoms with Crippen molar-refractivity contribution in [3.8, 4) is 16.5 Å². The molecule has 0 aliphatic heterocycles. The van der Waals surface area contributed by atoms with Crippen LogP contribution in [0.5, 0.6) is 5.75 Å². The van der Waals surface area contributed by atoms with Crippen molar-refractivity contribution in [1.82, 2.24) is 4.98 Å². The van der Waals surface area contributed by atoms with Crippen LogP contribution in [0.25, 0.3) is 10.8 Å². The summed E-state index contributed by atoms with van der Waals surface area (Å²) in [5.41, 5.74) is -0.111. The topological polar surface area (TPSA) is 72.6 Å². The highest BCUT2D eigenvalue weighted by atomic mass is 32.1. The highest BCUT2D eigenvalue weighted by Crippen LogP contribution is 2.34. The molecule has 5 nitrogen and oxygen atoms in total. The molecule has 78 valence electrons. The maximum Gasteiger partial charge on any atom is 0.357 e. The number of oxazole rings is 1. The van der Waals surface area contributed by atoms with Crippen LogP contribution < -0.4 is 4.74 Å². The zero-order valence-electron chi connectivity index (χ0n) is 7.76. The number of carbonyl (C=O) groups is 1. The molecular weight excluding hydrogens is 218 g/mol. The van der Waals surface area contributed by atoms with Gasteiger partial charge in [-0.15, -0.1) is 11.3 Å². The van der Waals surface area contributed by atoms with Crippen LogP contribution in [0.1, 0.15) is 10.5 Å². The van der Waals surface area contributed by atoms with Crippen LogP contribution in [-0.2, 0) is 0 Å². The SMILES string of the molecule is COc1ccsc1-c1nc(C(=O)O)co1. The van der Waals surface area contributed by atoms with Gasteiger partial charge >= 0.3 is 5.97 Å². The normalized spacial score (nSPS) is 10.2. The number of hydrogen-bond donors (Lipinski definition) is 1. The van der Waals surface area contributed by atoms with E-state index in [0.717, 1.165) is 6.26 Å². The van der Waals surface area contributed by atoms with Crippen LogP contribution in [0.2, 0.25) is 0 Å². The minimum absolute atomic E-state index is 0.111. The predicted molar refractivity (Wildman–Crippen MR) is 53.3 cm³/mol. The first-order chi connectivity index (χ1) is 7.22. The molecule has 0 spiro atoms. The number of aromatic carboxylic acids is 1. The first-order valence-electron chi connectivity index (χ1n) is 4.03. The lowest BCUT2D eigenvalue weighted by Gasteiger charge is -1.96. The van der Waals surface area contributed by atoms with Crippen molar-refractivity contribution in [2.75, 3.05) is 7.11 Å². The van der Waals surface area contributed by atoms with E-state index in [0.29, 0.717) is 10.6 Å². The van der Waals surface area contributed by atoms with Crippen LogP contribution in [-0.4, -0.2) is 23.2 Å². The summed E-state index contributed by atoms with van der Waals surface area (Å²) in [6, 6.07) is 1.77. The number of hydrogen-bond acceptors (Lipinski definition) is 5. The van der Waals surface area contributed by atoms with Crippen LogP contribution >= 0.6 is 11.3 Å². The van der Waals surface area contributed by atoms with Gasteiger partial charge < -0.3 is 14.3 Å². The number of aromatic nitrogens is 1. The van der Waals surface area contributed by atoms with E-state index >= 15 is 0 Å². The van der Waals surface area contributed by atoms with Gasteiger partial charge in [0.2, 0.25) is 5.89 Å². The minimum atomic E-state index is -1.11. The van der Waals surface area contributed by atoms with Crippen molar-refractivity contribution in [3.63, 3.8) is 0 Å². The standard InChI is InChI=1S/C9H7NO4S/c1-13-6-2-3-15-7(6)8-10-5(4-14-8)9(11)12/h2-4H,1H3,(H,11,12). The summed E-state index contributed by atoms with van der Waals surface area (Å²) in [4.78, 5) is 15.1. The molecule has 0 aliphatic rings. The lowest BCUT2D eigenvalue weighted by atomic mass is 10.4. The summed E-state index contributed by atoms with van der Waals surface area (Å²) >= 11 is 1.38. The summed E-state index contributed by atoms with van der Waals surface area (Å²) in [5.74, 6) is -0.224. The lowest BCUT2D eigenvalue weighted by molar-refractivity contribution is 0.0690. The molecule has 0 saturated heterocycles. The molecule has 0 aliphatic carbocycles. The molecular formula is C9H7NO4S. The van der Waals surface area contributed by atoms with Crippen molar-refractivity contribution >= 4 is 17.3 Å². The Morgan fingerprint density at radius 3 is 3.07 bits per heavy atom. The van der Waals surface area contributed by atoms with Gasteiger partial charge in [-0.3, -0.25) is 0 Å². The predicted octanol–water partition coefficient (Wildman–Crippen LogP) is 2.11. The molecule has 1 N–H and O–H groups in total. The molecule has 0 unspecified atom stereocenters. The fraction of sp³-hybridized carbons (Fsp3) is 0.111. The molecule has 2 heterocycles. The molecule has 6 heteroatoms. The molecule has 0 atom stereocenters. The van der Waals surface area contributed by atoms with Gasteiger partial charge in [0.05, 0.1) is 7.11 Å². The number of ether oxygens (including phenoxy) is 1. The van der Waals surface area contributed by atoms with Crippen LogP contribution in [0.15, 0.2) is 22.1 Å². The van der Waals surface area contributed by atoms with Gasteiger partial charge in [-0.25, -0.2) is 9.78 Å². The van der Waals surface area contributed by atoms with Crippen molar-refractivity contribution in [2.24, 2.45) is 0 Å². The molecule has 0 radical (unpaired) electrons. The minimum Gasteiger partial charge on any atom is -0.495 e. The number of rotatable bonds is 3. The molecule has 15 heavy (non-hydrogen) atoms. The third-order valence-electron chi connectivity index (χ3n) is 1.77. The first-order valence-corrected chi connectivity index (χ1v) is 4.91. The molecule has 0 bridgehead atoms. The Hall–Kier alpha value is -1.82. The highest BCUT2D eigenvalue weighted by molar-refractivity contribution is 7.13. The summed E-state index contributed by atoms with van der Waals surface area (Å²) in [6.07, 6.45) is 1.11. The maximum absolute atomic E-state index is 10.6. The fourth-order valence-corrected chi connectivity index (χ4v) is 1.88. The summed E-state index contributed by atoms with van der Waals surface area (Å²) in [5, 5.41) is 10.5. The molecule has 0 amide bonds. The smallest absolute Gasteiger partial charge is 0.357 e. The zero-order valence-corrected chi connectivity index (χ0v) is 8.58. The van der Waals surface area contributed by atoms with E-state index in [1.165, 1.54) is 18.4 Å². The molecule has 2 aromatic heterocycles. The van der Waals surface area contributed by atoms with Crippen LogP contribution in [0.3, 0.4) is 0 Å². The Bertz CT molecular complexity index is 488. The summed E-state index contributed by atoms with van der Waals surface area (Å²) in [7, 11) is 1.53. The largest absolute Gasteiger partial charge is 0.495 e. The van der Waals surface area contributed by atoms with E-state index in [4.69, 9.17) is 14.3 Å². The molecule has 0 fully saturated rings.